The number of nitrogens with zero attached hydrogens (tertiary/aromatic N) is 1. The van der Waals surface area contributed by atoms with Crippen molar-refractivity contribution in [2.45, 2.75) is 6.18 Å². The number of hydrogen-bond acceptors (Lipinski definition) is 2. The maximum absolute atomic E-state index is 12.0. The second-order valence-corrected chi connectivity index (χ2v) is 2.81. The fourth-order valence-corrected chi connectivity index (χ4v) is 0.946. The Kier molecular flexibility index (Phi) is 2.27. The van der Waals surface area contributed by atoms with Crippen LogP contribution >= 0.6 is 15.9 Å². The predicted octanol–water partition coefficient (Wildman–Crippen LogP) is 2.57. The molecule has 0 saturated heterocycles. The van der Waals surface area contributed by atoms with E-state index in [9.17, 15) is 13.2 Å². The third-order valence-corrected chi connectivity index (χ3v) is 1.55. The van der Waals surface area contributed by atoms with E-state index >= 15 is 0 Å². The van der Waals surface area contributed by atoms with Crippen molar-refractivity contribution in [1.29, 1.82) is 0 Å². The summed E-state index contributed by atoms with van der Waals surface area (Å²) >= 11 is 2.77. The minimum Gasteiger partial charge on any atom is -0.506 e. The molecule has 0 aliphatic rings. The highest BCUT2D eigenvalue weighted by Crippen LogP contribution is 2.34. The minimum atomic E-state index is -4.62. The first-order valence-corrected chi connectivity index (χ1v) is 3.63. The lowest BCUT2D eigenvalue weighted by atomic mass is 10.3. The number of rotatable bonds is 0. The van der Waals surface area contributed by atoms with Gasteiger partial charge in [0, 0.05) is 0 Å². The molecular weight excluding hydrogens is 239 g/mol. The summed E-state index contributed by atoms with van der Waals surface area (Å²) in [6.07, 6.45) is -4.62. The van der Waals surface area contributed by atoms with E-state index in [4.69, 9.17) is 5.11 Å². The molecule has 0 aliphatic carbocycles. The van der Waals surface area contributed by atoms with E-state index in [0.717, 1.165) is 6.07 Å². The van der Waals surface area contributed by atoms with Crippen molar-refractivity contribution in [2.75, 3.05) is 0 Å². The zero-order valence-electron chi connectivity index (χ0n) is 5.56. The van der Waals surface area contributed by atoms with Crippen LogP contribution < -0.4 is 0 Å². The second kappa shape index (κ2) is 2.93. The normalized spacial score (nSPS) is 11.7. The Labute approximate surface area is 74.2 Å². The number of aromatic hydroxyl groups is 1. The van der Waals surface area contributed by atoms with Gasteiger partial charge in [0.15, 0.2) is 5.69 Å². The van der Waals surface area contributed by atoms with Crippen LogP contribution in [0.25, 0.3) is 0 Å². The zero-order chi connectivity index (χ0) is 9.35. The molecule has 0 atom stereocenters. The Morgan fingerprint density at radius 1 is 1.33 bits per heavy atom. The fraction of sp³-hybridized carbons (Fsp3) is 0.167. The smallest absolute Gasteiger partial charge is 0.437 e. The molecule has 1 aromatic rings. The number of aromatic nitrogens is 1. The molecule has 66 valence electrons. The van der Waals surface area contributed by atoms with Crippen LogP contribution in [0.3, 0.4) is 0 Å². The fourth-order valence-electron chi connectivity index (χ4n) is 0.637. The van der Waals surface area contributed by atoms with Gasteiger partial charge in [-0.05, 0) is 28.1 Å². The molecule has 0 radical (unpaired) electrons. The Morgan fingerprint density at radius 3 is 2.33 bits per heavy atom. The second-order valence-electron chi connectivity index (χ2n) is 2.00. The van der Waals surface area contributed by atoms with E-state index in [1.165, 1.54) is 6.07 Å². The van der Waals surface area contributed by atoms with Crippen molar-refractivity contribution in [1.82, 2.24) is 4.98 Å². The quantitative estimate of drug-likeness (QED) is 0.709. The van der Waals surface area contributed by atoms with Gasteiger partial charge in [-0.25, -0.2) is 4.98 Å². The molecule has 2 nitrogen and oxygen atoms in total. The van der Waals surface area contributed by atoms with Gasteiger partial charge in [-0.15, -0.1) is 0 Å². The van der Waals surface area contributed by atoms with Gasteiger partial charge in [-0.1, -0.05) is 0 Å². The van der Waals surface area contributed by atoms with Crippen molar-refractivity contribution in [3.63, 3.8) is 0 Å². The molecule has 1 N–H and O–H groups in total. The lowest BCUT2D eigenvalue weighted by Gasteiger charge is -2.06. The molecule has 1 heterocycles. The Balaban J connectivity index is 3.23. The highest BCUT2D eigenvalue weighted by molar-refractivity contribution is 9.10. The summed E-state index contributed by atoms with van der Waals surface area (Å²) in [5.74, 6) is -0.870. The van der Waals surface area contributed by atoms with Crippen LogP contribution in [-0.4, -0.2) is 10.1 Å². The average Bonchev–Trinajstić information content (AvgIpc) is 1.92. The predicted molar refractivity (Wildman–Crippen MR) is 38.6 cm³/mol. The van der Waals surface area contributed by atoms with Gasteiger partial charge in [0.25, 0.3) is 0 Å². The molecule has 0 amide bonds. The first-order valence-electron chi connectivity index (χ1n) is 2.84. The zero-order valence-corrected chi connectivity index (χ0v) is 7.15. The number of hydrogen-bond donors (Lipinski definition) is 1. The lowest BCUT2D eigenvalue weighted by Crippen LogP contribution is -2.08. The van der Waals surface area contributed by atoms with Gasteiger partial charge in [0.1, 0.15) is 10.4 Å². The number of halogens is 4. The summed E-state index contributed by atoms with van der Waals surface area (Å²) < 4.78 is 36.0. The van der Waals surface area contributed by atoms with Gasteiger partial charge in [-0.3, -0.25) is 0 Å². The molecule has 0 unspecified atom stereocenters. The third-order valence-electron chi connectivity index (χ3n) is 1.11. The largest absolute Gasteiger partial charge is 0.506 e. The maximum Gasteiger partial charge on any atom is 0.437 e. The van der Waals surface area contributed by atoms with E-state index in [-0.39, 0.29) is 4.60 Å². The lowest BCUT2D eigenvalue weighted by molar-refractivity contribution is -0.142. The number of pyridine rings is 1. The summed E-state index contributed by atoms with van der Waals surface area (Å²) in [4.78, 5) is 3.09. The van der Waals surface area contributed by atoms with Gasteiger partial charge >= 0.3 is 6.18 Å². The molecule has 1 rings (SSSR count). The minimum absolute atomic E-state index is 0.0348. The van der Waals surface area contributed by atoms with Crippen molar-refractivity contribution < 1.29 is 18.3 Å². The first-order chi connectivity index (χ1) is 5.41. The maximum atomic E-state index is 12.0. The highest BCUT2D eigenvalue weighted by atomic mass is 79.9. The summed E-state index contributed by atoms with van der Waals surface area (Å²) in [6, 6.07) is 2.16. The molecule has 0 saturated carbocycles. The number of alkyl halides is 3. The summed E-state index contributed by atoms with van der Waals surface area (Å²) in [5, 5.41) is 8.77. The molecular formula is C6H3BrF3NO. The molecule has 0 spiro atoms. The van der Waals surface area contributed by atoms with Crippen molar-refractivity contribution >= 4 is 15.9 Å². The standard InChI is InChI=1S/C6H3BrF3NO/c7-4-2-1-3(12)5(11-4)6(8,9)10/h1-2,12H. The third kappa shape index (κ3) is 1.88. The van der Waals surface area contributed by atoms with E-state index < -0.39 is 17.6 Å². The Hall–Kier alpha value is -0.780. The van der Waals surface area contributed by atoms with Crippen molar-refractivity contribution in [3.8, 4) is 5.75 Å². The molecule has 6 heteroatoms. The van der Waals surface area contributed by atoms with Gasteiger partial charge in [0.2, 0.25) is 0 Å². The first kappa shape index (κ1) is 9.31. The van der Waals surface area contributed by atoms with Crippen LogP contribution in [-0.2, 0) is 6.18 Å². The Bertz CT molecular complexity index is 299. The summed E-state index contributed by atoms with van der Waals surface area (Å²) in [5.41, 5.74) is -1.28. The van der Waals surface area contributed by atoms with Crippen LogP contribution in [0.4, 0.5) is 13.2 Å². The molecule has 1 aromatic heterocycles. The average molecular weight is 242 g/mol. The SMILES string of the molecule is Oc1ccc(Br)nc1C(F)(F)F. The summed E-state index contributed by atoms with van der Waals surface area (Å²) in [6.45, 7) is 0. The van der Waals surface area contributed by atoms with Crippen molar-refractivity contribution in [3.05, 3.63) is 22.4 Å². The molecule has 0 bridgehead atoms. The topological polar surface area (TPSA) is 33.1 Å². The molecule has 0 aromatic carbocycles. The molecule has 0 fully saturated rings. The van der Waals surface area contributed by atoms with Crippen LogP contribution in [0, 0.1) is 0 Å². The van der Waals surface area contributed by atoms with Gasteiger partial charge < -0.3 is 5.11 Å². The van der Waals surface area contributed by atoms with Gasteiger partial charge in [0.05, 0.1) is 0 Å². The summed E-state index contributed by atoms with van der Waals surface area (Å²) in [7, 11) is 0. The van der Waals surface area contributed by atoms with E-state index in [2.05, 4.69) is 20.9 Å². The molecule has 12 heavy (non-hydrogen) atoms. The molecule has 0 aliphatic heterocycles. The van der Waals surface area contributed by atoms with Crippen LogP contribution in [0.2, 0.25) is 0 Å². The van der Waals surface area contributed by atoms with E-state index in [1.807, 2.05) is 0 Å². The highest BCUT2D eigenvalue weighted by Gasteiger charge is 2.35. The van der Waals surface area contributed by atoms with Gasteiger partial charge in [-0.2, -0.15) is 13.2 Å². The monoisotopic (exact) mass is 241 g/mol. The van der Waals surface area contributed by atoms with Crippen LogP contribution in [0.15, 0.2) is 16.7 Å². The van der Waals surface area contributed by atoms with E-state index in [1.54, 1.807) is 0 Å². The van der Waals surface area contributed by atoms with Crippen LogP contribution in [0.5, 0.6) is 5.75 Å². The van der Waals surface area contributed by atoms with E-state index in [0.29, 0.717) is 0 Å². The Morgan fingerprint density at radius 2 is 1.92 bits per heavy atom. The van der Waals surface area contributed by atoms with Crippen LogP contribution in [0.1, 0.15) is 5.69 Å². The van der Waals surface area contributed by atoms with Crippen molar-refractivity contribution in [2.24, 2.45) is 0 Å².